The van der Waals surface area contributed by atoms with Crippen LogP contribution in [0, 0.1) is 6.92 Å². The molecule has 2 aromatic rings. The topological polar surface area (TPSA) is 35.6 Å². The largest absolute Gasteiger partial charge is 0.367 e. The first-order chi connectivity index (χ1) is 11.7. The van der Waals surface area contributed by atoms with Gasteiger partial charge < -0.3 is 15.1 Å². The van der Waals surface area contributed by atoms with Crippen LogP contribution < -0.4 is 10.2 Å². The molecule has 0 saturated carbocycles. The maximum Gasteiger partial charge on any atom is 0.255 e. The molecular weight excluding hydrogens is 298 g/mol. The highest BCUT2D eigenvalue weighted by Crippen LogP contribution is 2.27. The maximum atomic E-state index is 12.6. The molecule has 3 rings (SSSR count). The number of carbonyl (C=O) groups excluding carboxylic acids is 1. The van der Waals surface area contributed by atoms with E-state index in [1.54, 1.807) is 0 Å². The minimum Gasteiger partial charge on any atom is -0.367 e. The van der Waals surface area contributed by atoms with E-state index in [1.807, 2.05) is 49.4 Å². The zero-order chi connectivity index (χ0) is 16.9. The molecular formula is C20H25N3O. The fourth-order valence-corrected chi connectivity index (χ4v) is 3.18. The molecule has 0 unspecified atom stereocenters. The van der Waals surface area contributed by atoms with Gasteiger partial charge in [-0.3, -0.25) is 4.79 Å². The predicted octanol–water partition coefficient (Wildman–Crippen LogP) is 3.39. The summed E-state index contributed by atoms with van der Waals surface area (Å²) in [6, 6.07) is 15.8. The van der Waals surface area contributed by atoms with Gasteiger partial charge in [-0.1, -0.05) is 37.3 Å². The van der Waals surface area contributed by atoms with Gasteiger partial charge in [0.25, 0.3) is 5.91 Å². The summed E-state index contributed by atoms with van der Waals surface area (Å²) in [5.41, 5.74) is 3.71. The number of nitrogens with one attached hydrogen (secondary N) is 1. The number of piperazine rings is 1. The number of anilines is 2. The Hall–Kier alpha value is -2.33. The Morgan fingerprint density at radius 3 is 2.38 bits per heavy atom. The number of hydrogen-bond donors (Lipinski definition) is 1. The molecule has 2 aromatic carbocycles. The lowest BCUT2D eigenvalue weighted by molar-refractivity contribution is 0.102. The summed E-state index contributed by atoms with van der Waals surface area (Å²) in [6.07, 6.45) is 0. The maximum absolute atomic E-state index is 12.6. The van der Waals surface area contributed by atoms with Crippen LogP contribution in [0.1, 0.15) is 22.8 Å². The number of rotatable bonds is 4. The number of para-hydroxylation sites is 2. The van der Waals surface area contributed by atoms with Gasteiger partial charge in [0.15, 0.2) is 0 Å². The van der Waals surface area contributed by atoms with Gasteiger partial charge in [-0.2, -0.15) is 0 Å². The van der Waals surface area contributed by atoms with Crippen molar-refractivity contribution in [2.75, 3.05) is 42.9 Å². The van der Waals surface area contributed by atoms with Crippen LogP contribution in [0.2, 0.25) is 0 Å². The van der Waals surface area contributed by atoms with Gasteiger partial charge in [0.2, 0.25) is 0 Å². The average molecular weight is 323 g/mol. The molecule has 0 aromatic heterocycles. The quantitative estimate of drug-likeness (QED) is 0.937. The van der Waals surface area contributed by atoms with Gasteiger partial charge in [-0.15, -0.1) is 0 Å². The molecule has 0 spiro atoms. The molecule has 0 atom stereocenters. The Morgan fingerprint density at radius 2 is 1.67 bits per heavy atom. The molecule has 126 valence electrons. The Kier molecular flexibility index (Phi) is 5.16. The van der Waals surface area contributed by atoms with E-state index in [-0.39, 0.29) is 5.91 Å². The lowest BCUT2D eigenvalue weighted by Gasteiger charge is -2.36. The standard InChI is InChI=1S/C20H25N3O/c1-3-22-12-14-23(15-13-22)19-11-7-6-10-18(19)21-20(24)17-9-5-4-8-16(17)2/h4-11H,3,12-15H2,1-2H3,(H,21,24). The zero-order valence-corrected chi connectivity index (χ0v) is 14.5. The summed E-state index contributed by atoms with van der Waals surface area (Å²) in [6.45, 7) is 9.37. The minimum atomic E-state index is -0.0484. The van der Waals surface area contributed by atoms with Crippen molar-refractivity contribution >= 4 is 17.3 Å². The molecule has 0 bridgehead atoms. The van der Waals surface area contributed by atoms with Crippen molar-refractivity contribution in [3.63, 3.8) is 0 Å². The zero-order valence-electron chi connectivity index (χ0n) is 14.5. The molecule has 4 nitrogen and oxygen atoms in total. The Balaban J connectivity index is 1.77. The second kappa shape index (κ2) is 7.49. The van der Waals surface area contributed by atoms with Gasteiger partial charge in [0, 0.05) is 31.7 Å². The average Bonchev–Trinajstić information content (AvgIpc) is 2.62. The van der Waals surface area contributed by atoms with Crippen molar-refractivity contribution in [3.05, 3.63) is 59.7 Å². The third-order valence-corrected chi connectivity index (χ3v) is 4.70. The summed E-state index contributed by atoms with van der Waals surface area (Å²) in [7, 11) is 0. The highest BCUT2D eigenvalue weighted by atomic mass is 16.1. The fraction of sp³-hybridized carbons (Fsp3) is 0.350. The first kappa shape index (κ1) is 16.5. The second-order valence-electron chi connectivity index (χ2n) is 6.21. The van der Waals surface area contributed by atoms with Crippen LogP contribution in [-0.4, -0.2) is 43.5 Å². The van der Waals surface area contributed by atoms with Gasteiger partial charge in [0.05, 0.1) is 11.4 Å². The van der Waals surface area contributed by atoms with Crippen LogP contribution in [0.3, 0.4) is 0 Å². The van der Waals surface area contributed by atoms with Crippen LogP contribution in [0.25, 0.3) is 0 Å². The first-order valence-corrected chi connectivity index (χ1v) is 8.62. The number of benzene rings is 2. The lowest BCUT2D eigenvalue weighted by Crippen LogP contribution is -2.46. The number of likely N-dealkylation sites (N-methyl/N-ethyl adjacent to an activating group) is 1. The van der Waals surface area contributed by atoms with Gasteiger partial charge in [-0.05, 0) is 37.2 Å². The van der Waals surface area contributed by atoms with Gasteiger partial charge in [0.1, 0.15) is 0 Å². The summed E-state index contributed by atoms with van der Waals surface area (Å²) in [4.78, 5) is 17.4. The monoisotopic (exact) mass is 323 g/mol. The van der Waals surface area contributed by atoms with Crippen molar-refractivity contribution in [3.8, 4) is 0 Å². The van der Waals surface area contributed by atoms with E-state index < -0.39 is 0 Å². The van der Waals surface area contributed by atoms with Crippen molar-refractivity contribution in [1.82, 2.24) is 4.90 Å². The first-order valence-electron chi connectivity index (χ1n) is 8.62. The summed E-state index contributed by atoms with van der Waals surface area (Å²) < 4.78 is 0. The fourth-order valence-electron chi connectivity index (χ4n) is 3.18. The Labute approximate surface area is 144 Å². The molecule has 1 heterocycles. The van der Waals surface area contributed by atoms with Gasteiger partial charge in [-0.25, -0.2) is 0 Å². The Morgan fingerprint density at radius 1 is 1.00 bits per heavy atom. The molecule has 1 saturated heterocycles. The van der Waals surface area contributed by atoms with E-state index in [4.69, 9.17) is 0 Å². The van der Waals surface area contributed by atoms with Crippen LogP contribution >= 0.6 is 0 Å². The molecule has 1 amide bonds. The lowest BCUT2D eigenvalue weighted by atomic mass is 10.1. The van der Waals surface area contributed by atoms with Crippen LogP contribution in [0.4, 0.5) is 11.4 Å². The molecule has 1 aliphatic rings. The highest BCUT2D eigenvalue weighted by Gasteiger charge is 2.19. The van der Waals surface area contributed by atoms with E-state index in [0.717, 1.165) is 55.2 Å². The number of hydrogen-bond acceptors (Lipinski definition) is 3. The van der Waals surface area contributed by atoms with E-state index in [1.165, 1.54) is 0 Å². The molecule has 1 aliphatic heterocycles. The van der Waals surface area contributed by atoms with E-state index in [0.29, 0.717) is 0 Å². The smallest absolute Gasteiger partial charge is 0.255 e. The Bertz CT molecular complexity index is 706. The number of aryl methyl sites for hydroxylation is 1. The van der Waals surface area contributed by atoms with Gasteiger partial charge >= 0.3 is 0 Å². The summed E-state index contributed by atoms with van der Waals surface area (Å²) in [5, 5.41) is 3.10. The van der Waals surface area contributed by atoms with E-state index in [2.05, 4.69) is 28.1 Å². The highest BCUT2D eigenvalue weighted by molar-refractivity contribution is 6.06. The van der Waals surface area contributed by atoms with Crippen molar-refractivity contribution < 1.29 is 4.79 Å². The van der Waals surface area contributed by atoms with Crippen molar-refractivity contribution in [1.29, 1.82) is 0 Å². The third kappa shape index (κ3) is 3.60. The molecule has 1 fully saturated rings. The molecule has 1 N–H and O–H groups in total. The van der Waals surface area contributed by atoms with Crippen LogP contribution in [0.15, 0.2) is 48.5 Å². The second-order valence-corrected chi connectivity index (χ2v) is 6.21. The van der Waals surface area contributed by atoms with Crippen molar-refractivity contribution in [2.45, 2.75) is 13.8 Å². The third-order valence-electron chi connectivity index (χ3n) is 4.70. The van der Waals surface area contributed by atoms with Crippen LogP contribution in [0.5, 0.6) is 0 Å². The van der Waals surface area contributed by atoms with E-state index >= 15 is 0 Å². The van der Waals surface area contributed by atoms with E-state index in [9.17, 15) is 4.79 Å². The van der Waals surface area contributed by atoms with Crippen LogP contribution in [-0.2, 0) is 0 Å². The predicted molar refractivity (Wildman–Crippen MR) is 99.9 cm³/mol. The molecule has 24 heavy (non-hydrogen) atoms. The minimum absolute atomic E-state index is 0.0484. The number of nitrogens with zero attached hydrogens (tertiary/aromatic N) is 2. The molecule has 0 aliphatic carbocycles. The normalized spacial score (nSPS) is 15.3. The van der Waals surface area contributed by atoms with Crippen molar-refractivity contribution in [2.24, 2.45) is 0 Å². The summed E-state index contributed by atoms with van der Waals surface area (Å²) in [5.74, 6) is -0.0484. The summed E-state index contributed by atoms with van der Waals surface area (Å²) >= 11 is 0. The number of amides is 1. The molecule has 0 radical (unpaired) electrons. The number of carbonyl (C=O) groups is 1. The molecule has 4 heteroatoms. The SMILES string of the molecule is CCN1CCN(c2ccccc2NC(=O)c2ccccc2C)CC1.